The van der Waals surface area contributed by atoms with E-state index in [0.29, 0.717) is 5.02 Å². The van der Waals surface area contributed by atoms with Crippen LogP contribution >= 0.6 is 11.6 Å². The number of halogens is 1. The molecule has 4 heteroatoms. The SMILES string of the molecule is CCCCc1ncc(CO)n1-c1ccccc1Cl. The van der Waals surface area contributed by atoms with E-state index in [1.165, 1.54) is 0 Å². The zero-order chi connectivity index (χ0) is 13.0. The van der Waals surface area contributed by atoms with E-state index in [1.807, 2.05) is 28.8 Å². The van der Waals surface area contributed by atoms with Gasteiger partial charge in [0.1, 0.15) is 5.82 Å². The van der Waals surface area contributed by atoms with E-state index in [1.54, 1.807) is 6.20 Å². The molecule has 0 spiro atoms. The van der Waals surface area contributed by atoms with E-state index in [4.69, 9.17) is 11.6 Å². The van der Waals surface area contributed by atoms with Crippen molar-refractivity contribution in [2.45, 2.75) is 32.8 Å². The van der Waals surface area contributed by atoms with Crippen molar-refractivity contribution in [3.63, 3.8) is 0 Å². The van der Waals surface area contributed by atoms with E-state index in [2.05, 4.69) is 11.9 Å². The molecular formula is C14H17ClN2O. The highest BCUT2D eigenvalue weighted by atomic mass is 35.5. The minimum Gasteiger partial charge on any atom is -0.390 e. The average molecular weight is 265 g/mol. The summed E-state index contributed by atoms with van der Waals surface area (Å²) in [5.41, 5.74) is 1.65. The van der Waals surface area contributed by atoms with Crippen LogP contribution in [0.5, 0.6) is 0 Å². The summed E-state index contributed by atoms with van der Waals surface area (Å²) in [6.45, 7) is 2.11. The minimum atomic E-state index is -0.0374. The maximum Gasteiger partial charge on any atom is 0.113 e. The Morgan fingerprint density at radius 2 is 2.11 bits per heavy atom. The normalized spacial score (nSPS) is 10.8. The number of rotatable bonds is 5. The van der Waals surface area contributed by atoms with Gasteiger partial charge in [-0.1, -0.05) is 37.1 Å². The molecule has 2 aromatic rings. The van der Waals surface area contributed by atoms with E-state index in [0.717, 1.165) is 36.5 Å². The molecular weight excluding hydrogens is 248 g/mol. The summed E-state index contributed by atoms with van der Waals surface area (Å²) in [5, 5.41) is 10.1. The summed E-state index contributed by atoms with van der Waals surface area (Å²) in [5.74, 6) is 0.953. The Morgan fingerprint density at radius 3 is 2.78 bits per heavy atom. The fourth-order valence-corrected chi connectivity index (χ4v) is 2.20. The summed E-state index contributed by atoms with van der Waals surface area (Å²) in [7, 11) is 0. The lowest BCUT2D eigenvalue weighted by Crippen LogP contribution is -2.06. The van der Waals surface area contributed by atoms with Gasteiger partial charge in [-0.3, -0.25) is 4.57 Å². The fraction of sp³-hybridized carbons (Fsp3) is 0.357. The third-order valence-electron chi connectivity index (χ3n) is 2.92. The van der Waals surface area contributed by atoms with Gasteiger partial charge in [0.2, 0.25) is 0 Å². The summed E-state index contributed by atoms with van der Waals surface area (Å²) < 4.78 is 1.96. The molecule has 18 heavy (non-hydrogen) atoms. The van der Waals surface area contributed by atoms with E-state index >= 15 is 0 Å². The number of benzene rings is 1. The molecule has 0 amide bonds. The lowest BCUT2D eigenvalue weighted by Gasteiger charge is -2.12. The van der Waals surface area contributed by atoms with Gasteiger partial charge in [-0.2, -0.15) is 0 Å². The molecule has 1 N–H and O–H groups in total. The first-order valence-electron chi connectivity index (χ1n) is 6.19. The van der Waals surface area contributed by atoms with E-state index in [9.17, 15) is 5.11 Å². The molecule has 1 aromatic heterocycles. The van der Waals surface area contributed by atoms with Crippen LogP contribution < -0.4 is 0 Å². The lowest BCUT2D eigenvalue weighted by molar-refractivity contribution is 0.274. The Bertz CT molecular complexity index is 522. The number of aliphatic hydroxyl groups excluding tert-OH is 1. The Balaban J connectivity index is 2.47. The Labute approximate surface area is 112 Å². The van der Waals surface area contributed by atoms with Crippen molar-refractivity contribution in [3.05, 3.63) is 47.0 Å². The number of para-hydroxylation sites is 1. The van der Waals surface area contributed by atoms with Crippen LogP contribution in [0, 0.1) is 0 Å². The highest BCUT2D eigenvalue weighted by molar-refractivity contribution is 6.32. The zero-order valence-electron chi connectivity index (χ0n) is 10.4. The molecule has 2 rings (SSSR count). The lowest BCUT2D eigenvalue weighted by atomic mass is 10.2. The van der Waals surface area contributed by atoms with Gasteiger partial charge in [0.05, 0.1) is 29.2 Å². The van der Waals surface area contributed by atoms with Crippen LogP contribution in [0.1, 0.15) is 31.3 Å². The van der Waals surface area contributed by atoms with Crippen molar-refractivity contribution in [2.24, 2.45) is 0 Å². The molecule has 0 fully saturated rings. The highest BCUT2D eigenvalue weighted by Gasteiger charge is 2.12. The third kappa shape index (κ3) is 2.57. The van der Waals surface area contributed by atoms with Gasteiger partial charge in [0.15, 0.2) is 0 Å². The van der Waals surface area contributed by atoms with Gasteiger partial charge in [0, 0.05) is 6.42 Å². The molecule has 0 aliphatic heterocycles. The minimum absolute atomic E-state index is 0.0374. The first kappa shape index (κ1) is 13.1. The van der Waals surface area contributed by atoms with Crippen molar-refractivity contribution in [1.82, 2.24) is 9.55 Å². The van der Waals surface area contributed by atoms with Crippen LogP contribution in [-0.4, -0.2) is 14.7 Å². The number of hydrogen-bond acceptors (Lipinski definition) is 2. The Hall–Kier alpha value is -1.32. The molecule has 3 nitrogen and oxygen atoms in total. The second kappa shape index (κ2) is 6.03. The number of nitrogens with zero attached hydrogens (tertiary/aromatic N) is 2. The van der Waals surface area contributed by atoms with Crippen molar-refractivity contribution in [2.75, 3.05) is 0 Å². The fourth-order valence-electron chi connectivity index (χ4n) is 1.98. The zero-order valence-corrected chi connectivity index (χ0v) is 11.2. The third-order valence-corrected chi connectivity index (χ3v) is 3.24. The van der Waals surface area contributed by atoms with Gasteiger partial charge < -0.3 is 5.11 Å². The molecule has 0 saturated carbocycles. The van der Waals surface area contributed by atoms with E-state index < -0.39 is 0 Å². The summed E-state index contributed by atoms with van der Waals surface area (Å²) in [6.07, 6.45) is 4.80. The number of aryl methyl sites for hydroxylation is 1. The smallest absolute Gasteiger partial charge is 0.113 e. The van der Waals surface area contributed by atoms with Gasteiger partial charge in [0.25, 0.3) is 0 Å². The van der Waals surface area contributed by atoms with Gasteiger partial charge in [-0.25, -0.2) is 4.98 Å². The van der Waals surface area contributed by atoms with Gasteiger partial charge in [-0.05, 0) is 18.6 Å². The number of hydrogen-bond donors (Lipinski definition) is 1. The maximum atomic E-state index is 9.41. The summed E-state index contributed by atoms with van der Waals surface area (Å²) in [6, 6.07) is 7.62. The standard InChI is InChI=1S/C14H17ClN2O/c1-2-3-8-14-16-9-11(10-18)17(14)13-7-5-4-6-12(13)15/h4-7,9,18H,2-3,8,10H2,1H3. The quantitative estimate of drug-likeness (QED) is 0.899. The van der Waals surface area contributed by atoms with Crippen molar-refractivity contribution in [1.29, 1.82) is 0 Å². The maximum absolute atomic E-state index is 9.41. The molecule has 0 bridgehead atoms. The highest BCUT2D eigenvalue weighted by Crippen LogP contribution is 2.24. The molecule has 0 aliphatic rings. The monoisotopic (exact) mass is 264 g/mol. The first-order chi connectivity index (χ1) is 8.77. The Morgan fingerprint density at radius 1 is 1.33 bits per heavy atom. The molecule has 0 aliphatic carbocycles. The first-order valence-corrected chi connectivity index (χ1v) is 6.57. The largest absolute Gasteiger partial charge is 0.390 e. The molecule has 1 heterocycles. The predicted octanol–water partition coefficient (Wildman–Crippen LogP) is 3.36. The van der Waals surface area contributed by atoms with Crippen LogP contribution in [0.25, 0.3) is 5.69 Å². The number of aromatic nitrogens is 2. The molecule has 1 aromatic carbocycles. The van der Waals surface area contributed by atoms with Crippen LogP contribution in [0.4, 0.5) is 0 Å². The van der Waals surface area contributed by atoms with Crippen molar-refractivity contribution < 1.29 is 5.11 Å². The van der Waals surface area contributed by atoms with E-state index in [-0.39, 0.29) is 6.61 Å². The van der Waals surface area contributed by atoms with Crippen LogP contribution in [0.3, 0.4) is 0 Å². The molecule has 0 saturated heterocycles. The summed E-state index contributed by atoms with van der Waals surface area (Å²) >= 11 is 6.22. The van der Waals surface area contributed by atoms with Gasteiger partial charge >= 0.3 is 0 Å². The van der Waals surface area contributed by atoms with Crippen LogP contribution in [-0.2, 0) is 13.0 Å². The number of imidazole rings is 1. The molecule has 0 unspecified atom stereocenters. The molecule has 0 radical (unpaired) electrons. The average Bonchev–Trinajstić information content (AvgIpc) is 2.79. The predicted molar refractivity (Wildman–Crippen MR) is 73.1 cm³/mol. The van der Waals surface area contributed by atoms with Gasteiger partial charge in [-0.15, -0.1) is 0 Å². The van der Waals surface area contributed by atoms with Crippen LogP contribution in [0.2, 0.25) is 5.02 Å². The summed E-state index contributed by atoms with van der Waals surface area (Å²) in [4.78, 5) is 4.39. The van der Waals surface area contributed by atoms with Crippen molar-refractivity contribution >= 4 is 11.6 Å². The molecule has 0 atom stereocenters. The molecule has 96 valence electrons. The second-order valence-electron chi connectivity index (χ2n) is 4.21. The Kier molecular flexibility index (Phi) is 4.39. The number of unbranched alkanes of at least 4 members (excludes halogenated alkanes) is 1. The topological polar surface area (TPSA) is 38.1 Å². The second-order valence-corrected chi connectivity index (χ2v) is 4.62. The number of aliphatic hydroxyl groups is 1. The van der Waals surface area contributed by atoms with Crippen molar-refractivity contribution in [3.8, 4) is 5.69 Å². The van der Waals surface area contributed by atoms with Crippen LogP contribution in [0.15, 0.2) is 30.5 Å².